The quantitative estimate of drug-likeness (QED) is 0.407. The van der Waals surface area contributed by atoms with Crippen LogP contribution in [-0.4, -0.2) is 51.8 Å². The van der Waals surface area contributed by atoms with Crippen molar-refractivity contribution < 1.29 is 14.6 Å². The normalized spacial score (nSPS) is 21.1. The van der Waals surface area contributed by atoms with Crippen molar-refractivity contribution >= 4 is 34.1 Å². The molecule has 0 spiro atoms. The number of carbonyl (C=O) groups excluding carboxylic acids is 1. The topological polar surface area (TPSA) is 136 Å². The maximum Gasteiger partial charge on any atom is 0.274 e. The van der Waals surface area contributed by atoms with Crippen LogP contribution in [0.2, 0.25) is 0 Å². The summed E-state index contributed by atoms with van der Waals surface area (Å²) in [5, 5.41) is 25.8. The molecular formula is C27H31N7O3S. The summed E-state index contributed by atoms with van der Waals surface area (Å²) in [6.07, 6.45) is 5.81. The molecule has 1 amide bonds. The van der Waals surface area contributed by atoms with Gasteiger partial charge in [-0.25, -0.2) is 9.97 Å². The summed E-state index contributed by atoms with van der Waals surface area (Å²) in [5.74, 6) is 0.604. The summed E-state index contributed by atoms with van der Waals surface area (Å²) in [5.41, 5.74) is 2.50. The summed E-state index contributed by atoms with van der Waals surface area (Å²) in [6.45, 7) is 2.82. The van der Waals surface area contributed by atoms with Gasteiger partial charge in [0.2, 0.25) is 5.95 Å². The Morgan fingerprint density at radius 1 is 1.18 bits per heavy atom. The van der Waals surface area contributed by atoms with Gasteiger partial charge in [0.1, 0.15) is 10.9 Å². The fourth-order valence-electron chi connectivity index (χ4n) is 5.10. The van der Waals surface area contributed by atoms with E-state index in [1.54, 1.807) is 0 Å². The number of nitrogens with one attached hydrogen (secondary N) is 2. The Labute approximate surface area is 225 Å². The smallest absolute Gasteiger partial charge is 0.274 e. The molecule has 0 radical (unpaired) electrons. The highest BCUT2D eigenvalue weighted by Gasteiger charge is 2.32. The number of hydrogen-bond acceptors (Lipinski definition) is 10. The van der Waals surface area contributed by atoms with Crippen molar-refractivity contribution in [3.8, 4) is 11.8 Å². The fourth-order valence-corrected chi connectivity index (χ4v) is 5.71. The fraction of sp³-hybridized carbons (Fsp3) is 0.444. The monoisotopic (exact) mass is 533 g/mol. The molecule has 1 aromatic carbocycles. The zero-order chi connectivity index (χ0) is 26.6. The van der Waals surface area contributed by atoms with Crippen LogP contribution >= 0.6 is 11.3 Å². The first kappa shape index (κ1) is 25.9. The van der Waals surface area contributed by atoms with Crippen LogP contribution in [-0.2, 0) is 0 Å². The molecule has 11 heteroatoms. The van der Waals surface area contributed by atoms with Gasteiger partial charge in [-0.3, -0.25) is 4.79 Å². The van der Waals surface area contributed by atoms with E-state index in [9.17, 15) is 15.2 Å². The second-order valence-electron chi connectivity index (χ2n) is 9.76. The van der Waals surface area contributed by atoms with Gasteiger partial charge >= 0.3 is 0 Å². The highest BCUT2D eigenvalue weighted by Crippen LogP contribution is 2.38. The lowest BCUT2D eigenvalue weighted by atomic mass is 9.93. The molecule has 2 fully saturated rings. The Kier molecular flexibility index (Phi) is 7.72. The lowest BCUT2D eigenvalue weighted by molar-refractivity contribution is 0.0860. The van der Waals surface area contributed by atoms with Crippen LogP contribution in [0.5, 0.6) is 5.75 Å². The van der Waals surface area contributed by atoms with Crippen molar-refractivity contribution in [2.45, 2.75) is 63.6 Å². The van der Waals surface area contributed by atoms with Gasteiger partial charge in [-0.2, -0.15) is 10.2 Å². The Bertz CT molecular complexity index is 1330. The van der Waals surface area contributed by atoms with Crippen LogP contribution in [0, 0.1) is 18.3 Å². The van der Waals surface area contributed by atoms with Gasteiger partial charge in [0.05, 0.1) is 25.5 Å². The van der Waals surface area contributed by atoms with E-state index < -0.39 is 0 Å². The highest BCUT2D eigenvalue weighted by molar-refractivity contribution is 7.16. The van der Waals surface area contributed by atoms with Gasteiger partial charge in [0.25, 0.3) is 5.91 Å². The predicted octanol–water partition coefficient (Wildman–Crippen LogP) is 4.24. The molecule has 2 aromatic heterocycles. The number of benzene rings is 1. The molecule has 5 rings (SSSR count). The van der Waals surface area contributed by atoms with Crippen LogP contribution in [0.25, 0.3) is 0 Å². The maximum atomic E-state index is 13.5. The molecule has 3 heterocycles. The molecule has 1 unspecified atom stereocenters. The van der Waals surface area contributed by atoms with Crippen LogP contribution < -0.4 is 20.3 Å². The minimum atomic E-state index is -0.349. The minimum Gasteiger partial charge on any atom is -0.491 e. The van der Waals surface area contributed by atoms with Crippen molar-refractivity contribution in [1.29, 1.82) is 5.26 Å². The summed E-state index contributed by atoms with van der Waals surface area (Å²) in [7, 11) is 1.48. The highest BCUT2D eigenvalue weighted by atomic mass is 32.1. The number of methoxy groups -OCH3 is 1. The molecule has 2 aliphatic rings. The van der Waals surface area contributed by atoms with Crippen molar-refractivity contribution in [2.24, 2.45) is 0 Å². The molecule has 198 valence electrons. The molecule has 3 N–H and O–H groups in total. The number of thiazole rings is 1. The summed E-state index contributed by atoms with van der Waals surface area (Å²) in [4.78, 5) is 29.9. The summed E-state index contributed by atoms with van der Waals surface area (Å²) >= 11 is 1.19. The van der Waals surface area contributed by atoms with E-state index in [-0.39, 0.29) is 35.5 Å². The van der Waals surface area contributed by atoms with Crippen LogP contribution in [0.15, 0.2) is 30.5 Å². The number of amides is 1. The Balaban J connectivity index is 1.52. The summed E-state index contributed by atoms with van der Waals surface area (Å²) in [6, 6.07) is 10.6. The standard InChI is InChI=1S/C27H31N7O3S/c1-16-5-7-17(8-6-16)21-4-3-13-34(21)26-31-22(25(36)30-18-9-11-19(35)12-10-18)23(37-2)24(32-26)33-27-29-15-20(14-28)38-27/h5-8,15,18-19,21,35H,3-4,9-13H2,1-2H3,(H,30,36)(H,29,31,32,33)/t18-,19-,21?. The van der Waals surface area contributed by atoms with Gasteiger partial charge in [-0.05, 0) is 51.0 Å². The average molecular weight is 534 g/mol. The number of hydrogen-bond donors (Lipinski definition) is 3. The number of aliphatic hydroxyl groups excluding tert-OH is 1. The molecule has 3 aromatic rings. The van der Waals surface area contributed by atoms with Crippen LogP contribution in [0.1, 0.15) is 71.1 Å². The number of carbonyl (C=O) groups is 1. The Morgan fingerprint density at radius 3 is 2.63 bits per heavy atom. The molecule has 1 atom stereocenters. The molecule has 1 saturated heterocycles. The van der Waals surface area contributed by atoms with E-state index in [4.69, 9.17) is 14.7 Å². The largest absolute Gasteiger partial charge is 0.491 e. The third-order valence-electron chi connectivity index (χ3n) is 7.12. The van der Waals surface area contributed by atoms with Crippen molar-refractivity contribution in [2.75, 3.05) is 23.9 Å². The maximum absolute atomic E-state index is 13.5. The number of nitrogens with zero attached hydrogens (tertiary/aromatic N) is 5. The van der Waals surface area contributed by atoms with E-state index in [2.05, 4.69) is 57.8 Å². The molecule has 1 saturated carbocycles. The zero-order valence-corrected chi connectivity index (χ0v) is 22.3. The number of aromatic nitrogens is 3. The van der Waals surface area contributed by atoms with E-state index in [0.717, 1.165) is 19.4 Å². The first-order valence-electron chi connectivity index (χ1n) is 12.9. The van der Waals surface area contributed by atoms with Gasteiger partial charge in [0, 0.05) is 12.6 Å². The van der Waals surface area contributed by atoms with Crippen molar-refractivity contribution in [1.82, 2.24) is 20.3 Å². The lowest BCUT2D eigenvalue weighted by Gasteiger charge is -2.28. The molecule has 10 nitrogen and oxygen atoms in total. The molecule has 1 aliphatic carbocycles. The number of anilines is 3. The predicted molar refractivity (Wildman–Crippen MR) is 145 cm³/mol. The molecule has 38 heavy (non-hydrogen) atoms. The van der Waals surface area contributed by atoms with Crippen LogP contribution in [0.3, 0.4) is 0 Å². The Morgan fingerprint density at radius 2 is 1.95 bits per heavy atom. The minimum absolute atomic E-state index is 0.0466. The van der Waals surface area contributed by atoms with Gasteiger partial charge in [-0.1, -0.05) is 41.2 Å². The third kappa shape index (κ3) is 5.56. The van der Waals surface area contributed by atoms with E-state index in [0.29, 0.717) is 47.5 Å². The lowest BCUT2D eigenvalue weighted by Crippen LogP contribution is -2.39. The Hall–Kier alpha value is -3.75. The van der Waals surface area contributed by atoms with Gasteiger partial charge < -0.3 is 25.4 Å². The SMILES string of the molecule is COc1c(Nc2ncc(C#N)s2)nc(N2CCCC2c2ccc(C)cc2)nc1C(=O)N[C@H]1CC[C@H](O)CC1. The number of nitriles is 1. The number of aliphatic hydroxyl groups is 1. The number of ether oxygens (including phenoxy) is 1. The van der Waals surface area contributed by atoms with E-state index in [1.807, 2.05) is 0 Å². The van der Waals surface area contributed by atoms with Crippen molar-refractivity contribution in [3.63, 3.8) is 0 Å². The van der Waals surface area contributed by atoms with E-state index in [1.165, 1.54) is 35.8 Å². The van der Waals surface area contributed by atoms with Gasteiger partial charge in [-0.15, -0.1) is 0 Å². The van der Waals surface area contributed by atoms with E-state index >= 15 is 0 Å². The second-order valence-corrected chi connectivity index (χ2v) is 10.8. The number of aryl methyl sites for hydroxylation is 1. The zero-order valence-electron chi connectivity index (χ0n) is 21.5. The second kappa shape index (κ2) is 11.3. The van der Waals surface area contributed by atoms with Crippen molar-refractivity contribution in [3.05, 3.63) is 52.2 Å². The number of rotatable bonds is 7. The first-order chi connectivity index (χ1) is 18.4. The third-order valence-corrected chi connectivity index (χ3v) is 7.94. The molecule has 1 aliphatic heterocycles. The summed E-state index contributed by atoms with van der Waals surface area (Å²) < 4.78 is 5.66. The molecule has 0 bridgehead atoms. The average Bonchev–Trinajstić information content (AvgIpc) is 3.60. The first-order valence-corrected chi connectivity index (χ1v) is 13.7. The van der Waals surface area contributed by atoms with Gasteiger partial charge in [0.15, 0.2) is 22.4 Å². The van der Waals surface area contributed by atoms with Crippen LogP contribution in [0.4, 0.5) is 16.9 Å². The molecular weight excluding hydrogens is 502 g/mol.